The molecule has 7 nitrogen and oxygen atoms in total. The molecule has 0 heterocycles. The van der Waals surface area contributed by atoms with E-state index in [1.54, 1.807) is 34.6 Å². The minimum absolute atomic E-state index is 0.0340. The number of carboxylic acid groups (broad SMARTS) is 1. The van der Waals surface area contributed by atoms with Crippen molar-refractivity contribution >= 4 is 17.8 Å². The molecule has 0 bridgehead atoms. The van der Waals surface area contributed by atoms with Gasteiger partial charge in [0.2, 0.25) is 11.8 Å². The van der Waals surface area contributed by atoms with Crippen LogP contribution in [0.25, 0.3) is 0 Å². The van der Waals surface area contributed by atoms with Gasteiger partial charge < -0.3 is 20.5 Å². The first-order chi connectivity index (χ1) is 10.9. The molecule has 0 aromatic rings. The molecule has 7 heteroatoms. The first-order valence-corrected chi connectivity index (χ1v) is 8.33. The standard InChI is InChI=1S/C17H30N2O5/c1-7-24-11-10-17(14(22)23,16(11,5)6)19-12(20)8-9-18-13(21)15(2,3)4/h11H,7-10H2,1-6H3,(H,18,21)(H,19,20)(H,22,23). The number of hydrogen-bond donors (Lipinski definition) is 3. The summed E-state index contributed by atoms with van der Waals surface area (Å²) >= 11 is 0. The molecule has 0 radical (unpaired) electrons. The SMILES string of the molecule is CCOC1CC(NC(=O)CCNC(=O)C(C)(C)C)(C(=O)O)C1(C)C. The van der Waals surface area contributed by atoms with Crippen molar-refractivity contribution in [1.29, 1.82) is 0 Å². The third-order valence-corrected chi connectivity index (χ3v) is 4.80. The molecule has 1 fully saturated rings. The van der Waals surface area contributed by atoms with Crippen LogP contribution in [0, 0.1) is 10.8 Å². The lowest BCUT2D eigenvalue weighted by Crippen LogP contribution is -2.76. The molecule has 1 aliphatic carbocycles. The van der Waals surface area contributed by atoms with Gasteiger partial charge in [-0.05, 0) is 6.92 Å². The zero-order valence-electron chi connectivity index (χ0n) is 15.5. The Kier molecular flexibility index (Phi) is 6.03. The van der Waals surface area contributed by atoms with Crippen molar-refractivity contribution in [3.8, 4) is 0 Å². The van der Waals surface area contributed by atoms with Gasteiger partial charge in [0.15, 0.2) is 0 Å². The maximum atomic E-state index is 12.2. The van der Waals surface area contributed by atoms with Gasteiger partial charge in [0.25, 0.3) is 0 Å². The highest BCUT2D eigenvalue weighted by Gasteiger charge is 2.66. The second-order valence-electron chi connectivity index (χ2n) is 7.88. The zero-order valence-corrected chi connectivity index (χ0v) is 15.5. The van der Waals surface area contributed by atoms with E-state index in [0.29, 0.717) is 6.61 Å². The Morgan fingerprint density at radius 3 is 2.25 bits per heavy atom. The van der Waals surface area contributed by atoms with Crippen LogP contribution in [-0.4, -0.2) is 47.7 Å². The van der Waals surface area contributed by atoms with Crippen molar-refractivity contribution in [3.05, 3.63) is 0 Å². The highest BCUT2D eigenvalue weighted by atomic mass is 16.5. The molecule has 1 aliphatic rings. The van der Waals surface area contributed by atoms with Crippen LogP contribution in [0.15, 0.2) is 0 Å². The van der Waals surface area contributed by atoms with E-state index >= 15 is 0 Å². The zero-order chi connectivity index (χ0) is 18.8. The van der Waals surface area contributed by atoms with Crippen molar-refractivity contribution < 1.29 is 24.2 Å². The molecule has 3 N–H and O–H groups in total. The van der Waals surface area contributed by atoms with Crippen LogP contribution >= 0.6 is 0 Å². The van der Waals surface area contributed by atoms with E-state index < -0.39 is 28.2 Å². The Balaban J connectivity index is 2.63. The highest BCUT2D eigenvalue weighted by molar-refractivity contribution is 5.89. The van der Waals surface area contributed by atoms with E-state index in [9.17, 15) is 19.5 Å². The number of rotatable bonds is 7. The molecule has 0 spiro atoms. The molecule has 24 heavy (non-hydrogen) atoms. The minimum Gasteiger partial charge on any atom is -0.479 e. The lowest BCUT2D eigenvalue weighted by molar-refractivity contribution is -0.194. The second kappa shape index (κ2) is 7.09. The Labute approximate surface area is 143 Å². The van der Waals surface area contributed by atoms with E-state index in [1.165, 1.54) is 0 Å². The van der Waals surface area contributed by atoms with Crippen molar-refractivity contribution in [2.45, 2.75) is 66.0 Å². The van der Waals surface area contributed by atoms with Crippen LogP contribution in [-0.2, 0) is 19.1 Å². The molecule has 138 valence electrons. The highest BCUT2D eigenvalue weighted by Crippen LogP contribution is 2.51. The predicted octanol–water partition coefficient (Wildman–Crippen LogP) is 1.31. The van der Waals surface area contributed by atoms with Gasteiger partial charge in [-0.15, -0.1) is 0 Å². The van der Waals surface area contributed by atoms with E-state index in [2.05, 4.69) is 10.6 Å². The molecule has 2 amide bonds. The Bertz CT molecular complexity index is 510. The quantitative estimate of drug-likeness (QED) is 0.647. The lowest BCUT2D eigenvalue weighted by Gasteiger charge is -2.58. The van der Waals surface area contributed by atoms with Crippen LogP contribution in [0.2, 0.25) is 0 Å². The average molecular weight is 342 g/mol. The van der Waals surface area contributed by atoms with Crippen LogP contribution in [0.4, 0.5) is 0 Å². The monoisotopic (exact) mass is 342 g/mol. The summed E-state index contributed by atoms with van der Waals surface area (Å²) in [5, 5.41) is 15.0. The fourth-order valence-corrected chi connectivity index (χ4v) is 2.89. The molecule has 0 aromatic carbocycles. The number of amides is 2. The van der Waals surface area contributed by atoms with Crippen LogP contribution in [0.5, 0.6) is 0 Å². The summed E-state index contributed by atoms with van der Waals surface area (Å²) in [6, 6.07) is 0. The largest absolute Gasteiger partial charge is 0.479 e. The Morgan fingerprint density at radius 2 is 1.83 bits per heavy atom. The van der Waals surface area contributed by atoms with Gasteiger partial charge in [-0.3, -0.25) is 9.59 Å². The smallest absolute Gasteiger partial charge is 0.330 e. The summed E-state index contributed by atoms with van der Waals surface area (Å²) < 4.78 is 5.56. The van der Waals surface area contributed by atoms with Crippen LogP contribution < -0.4 is 10.6 Å². The van der Waals surface area contributed by atoms with Gasteiger partial charge in [0.05, 0.1) is 6.10 Å². The molecule has 0 aliphatic heterocycles. The maximum Gasteiger partial charge on any atom is 0.330 e. The maximum absolute atomic E-state index is 12.2. The molecule has 0 saturated heterocycles. The fraction of sp³-hybridized carbons (Fsp3) is 0.824. The van der Waals surface area contributed by atoms with Gasteiger partial charge in [-0.1, -0.05) is 34.6 Å². The third-order valence-electron chi connectivity index (χ3n) is 4.80. The summed E-state index contributed by atoms with van der Waals surface area (Å²) in [6.07, 6.45) is 0.0645. The third kappa shape index (κ3) is 3.88. The predicted molar refractivity (Wildman–Crippen MR) is 89.4 cm³/mol. The number of carbonyl (C=O) groups is 3. The minimum atomic E-state index is -1.34. The first kappa shape index (κ1) is 20.4. The Morgan fingerprint density at radius 1 is 1.25 bits per heavy atom. The van der Waals surface area contributed by atoms with E-state index in [0.717, 1.165) is 0 Å². The molecule has 1 saturated carbocycles. The van der Waals surface area contributed by atoms with Gasteiger partial charge in [0, 0.05) is 36.8 Å². The number of ether oxygens (including phenoxy) is 1. The van der Waals surface area contributed by atoms with Crippen LogP contribution in [0.1, 0.15) is 54.4 Å². The molecule has 0 aromatic heterocycles. The molecule has 2 unspecified atom stereocenters. The normalized spacial score (nSPS) is 25.5. The summed E-state index contributed by atoms with van der Waals surface area (Å²) in [4.78, 5) is 35.7. The number of hydrogen-bond acceptors (Lipinski definition) is 4. The van der Waals surface area contributed by atoms with Crippen molar-refractivity contribution in [3.63, 3.8) is 0 Å². The van der Waals surface area contributed by atoms with Crippen molar-refractivity contribution in [2.75, 3.05) is 13.2 Å². The van der Waals surface area contributed by atoms with E-state index in [4.69, 9.17) is 4.74 Å². The molecular formula is C17H30N2O5. The summed E-state index contributed by atoms with van der Waals surface area (Å²) in [5.41, 5.74) is -2.57. The fourth-order valence-electron chi connectivity index (χ4n) is 2.89. The average Bonchev–Trinajstić information content (AvgIpc) is 2.44. The summed E-state index contributed by atoms with van der Waals surface area (Å²) in [6.45, 7) is 11.4. The van der Waals surface area contributed by atoms with E-state index in [-0.39, 0.29) is 31.4 Å². The number of carbonyl (C=O) groups excluding carboxylic acids is 2. The van der Waals surface area contributed by atoms with Gasteiger partial charge >= 0.3 is 5.97 Å². The topological polar surface area (TPSA) is 105 Å². The lowest BCUT2D eigenvalue weighted by atomic mass is 9.54. The molecule has 2 atom stereocenters. The van der Waals surface area contributed by atoms with Gasteiger partial charge in [0.1, 0.15) is 5.54 Å². The van der Waals surface area contributed by atoms with E-state index in [1.807, 2.05) is 6.92 Å². The number of nitrogens with one attached hydrogen (secondary N) is 2. The first-order valence-electron chi connectivity index (χ1n) is 8.33. The number of carboxylic acids is 1. The van der Waals surface area contributed by atoms with Crippen molar-refractivity contribution in [2.24, 2.45) is 10.8 Å². The van der Waals surface area contributed by atoms with Gasteiger partial charge in [-0.2, -0.15) is 0 Å². The number of aliphatic carboxylic acids is 1. The Hall–Kier alpha value is -1.63. The molecular weight excluding hydrogens is 312 g/mol. The van der Waals surface area contributed by atoms with Gasteiger partial charge in [-0.25, -0.2) is 4.79 Å². The second-order valence-corrected chi connectivity index (χ2v) is 7.88. The summed E-state index contributed by atoms with van der Waals surface area (Å²) in [7, 11) is 0. The van der Waals surface area contributed by atoms with Crippen molar-refractivity contribution in [1.82, 2.24) is 10.6 Å². The van der Waals surface area contributed by atoms with Crippen LogP contribution in [0.3, 0.4) is 0 Å². The summed E-state index contributed by atoms with van der Waals surface area (Å²) in [5.74, 6) is -1.60. The molecule has 1 rings (SSSR count).